The predicted molar refractivity (Wildman–Crippen MR) is 86.3 cm³/mol. The summed E-state index contributed by atoms with van der Waals surface area (Å²) in [6.45, 7) is 5.43. The molecule has 0 aliphatic heterocycles. The van der Waals surface area contributed by atoms with Gasteiger partial charge in [-0.1, -0.05) is 11.8 Å². The van der Waals surface area contributed by atoms with Gasteiger partial charge in [0, 0.05) is 17.0 Å². The van der Waals surface area contributed by atoms with E-state index in [-0.39, 0.29) is 11.3 Å². The quantitative estimate of drug-likeness (QED) is 0.534. The Hall–Kier alpha value is -2.35. The molecule has 0 fully saturated rings. The van der Waals surface area contributed by atoms with E-state index in [1.807, 2.05) is 19.9 Å². The lowest BCUT2D eigenvalue weighted by molar-refractivity contribution is 0.0993. The highest BCUT2D eigenvalue weighted by molar-refractivity contribution is 8.00. The summed E-state index contributed by atoms with van der Waals surface area (Å²) >= 11 is 1.15. The zero-order valence-corrected chi connectivity index (χ0v) is 14.1. The summed E-state index contributed by atoms with van der Waals surface area (Å²) in [5.74, 6) is -1.88. The van der Waals surface area contributed by atoms with Crippen LogP contribution in [-0.2, 0) is 0 Å². The maximum atomic E-state index is 13.3. The minimum atomic E-state index is -1.04. The number of benzene rings is 1. The molecule has 2 heterocycles. The van der Waals surface area contributed by atoms with Crippen LogP contribution in [0.25, 0.3) is 5.78 Å². The molecule has 0 N–H and O–H groups in total. The van der Waals surface area contributed by atoms with Crippen molar-refractivity contribution in [2.45, 2.75) is 31.2 Å². The monoisotopic (exact) mass is 348 g/mol. The summed E-state index contributed by atoms with van der Waals surface area (Å²) in [7, 11) is 0. The van der Waals surface area contributed by atoms with Crippen molar-refractivity contribution in [2.75, 3.05) is 0 Å². The zero-order chi connectivity index (χ0) is 17.4. The van der Waals surface area contributed by atoms with Crippen LogP contribution in [0.4, 0.5) is 8.78 Å². The fraction of sp³-hybridized carbons (Fsp3) is 0.250. The Morgan fingerprint density at radius 2 is 1.92 bits per heavy atom. The van der Waals surface area contributed by atoms with E-state index < -0.39 is 16.9 Å². The van der Waals surface area contributed by atoms with Gasteiger partial charge in [0.05, 0.1) is 5.25 Å². The molecule has 0 bridgehead atoms. The standard InChI is InChI=1S/C16H14F2N4OS/c1-8-6-9(2)22-15(19-8)20-16(21-22)24-10(3)14(23)11-4-5-12(17)13(18)7-11/h4-7,10H,1-3H3. The molecule has 24 heavy (non-hydrogen) atoms. The largest absolute Gasteiger partial charge is 0.293 e. The molecule has 0 amide bonds. The van der Waals surface area contributed by atoms with Crippen LogP contribution in [0.1, 0.15) is 28.7 Å². The van der Waals surface area contributed by atoms with E-state index in [2.05, 4.69) is 15.1 Å². The fourth-order valence-corrected chi connectivity index (χ4v) is 3.12. The van der Waals surface area contributed by atoms with Crippen LogP contribution in [0.3, 0.4) is 0 Å². The number of carbonyl (C=O) groups is 1. The first-order valence-corrected chi connectivity index (χ1v) is 8.10. The van der Waals surface area contributed by atoms with Crippen LogP contribution in [-0.4, -0.2) is 30.6 Å². The molecule has 5 nitrogen and oxygen atoms in total. The van der Waals surface area contributed by atoms with E-state index in [9.17, 15) is 13.6 Å². The summed E-state index contributed by atoms with van der Waals surface area (Å²) in [6.07, 6.45) is 0. The number of aryl methyl sites for hydroxylation is 2. The van der Waals surface area contributed by atoms with Gasteiger partial charge in [0.2, 0.25) is 5.16 Å². The van der Waals surface area contributed by atoms with Crippen molar-refractivity contribution in [3.8, 4) is 0 Å². The van der Waals surface area contributed by atoms with Gasteiger partial charge < -0.3 is 0 Å². The highest BCUT2D eigenvalue weighted by Crippen LogP contribution is 2.24. The molecule has 0 radical (unpaired) electrons. The van der Waals surface area contributed by atoms with Gasteiger partial charge in [0.1, 0.15) is 0 Å². The van der Waals surface area contributed by atoms with Crippen molar-refractivity contribution < 1.29 is 13.6 Å². The molecule has 0 spiro atoms. The second-order valence-corrected chi connectivity index (χ2v) is 6.71. The lowest BCUT2D eigenvalue weighted by Gasteiger charge is -2.07. The van der Waals surface area contributed by atoms with Crippen molar-refractivity contribution in [2.24, 2.45) is 0 Å². The molecular weight excluding hydrogens is 334 g/mol. The number of ketones is 1. The lowest BCUT2D eigenvalue weighted by Crippen LogP contribution is -2.14. The molecule has 3 rings (SSSR count). The Balaban J connectivity index is 1.83. The van der Waals surface area contributed by atoms with Gasteiger partial charge in [-0.2, -0.15) is 4.98 Å². The number of fused-ring (bicyclic) bond motifs is 1. The Labute approximate surface area is 141 Å². The van der Waals surface area contributed by atoms with Gasteiger partial charge >= 0.3 is 0 Å². The Bertz CT molecular complexity index is 941. The van der Waals surface area contributed by atoms with Gasteiger partial charge in [-0.15, -0.1) is 5.10 Å². The highest BCUT2D eigenvalue weighted by Gasteiger charge is 2.20. The average molecular weight is 348 g/mol. The number of nitrogens with zero attached hydrogens (tertiary/aromatic N) is 4. The van der Waals surface area contributed by atoms with Crippen molar-refractivity contribution in [1.29, 1.82) is 0 Å². The summed E-state index contributed by atoms with van der Waals surface area (Å²) < 4.78 is 27.9. The van der Waals surface area contributed by atoms with Crippen molar-refractivity contribution >= 4 is 23.3 Å². The third-order valence-electron chi connectivity index (χ3n) is 3.45. The van der Waals surface area contributed by atoms with E-state index in [4.69, 9.17) is 0 Å². The third kappa shape index (κ3) is 3.14. The van der Waals surface area contributed by atoms with Gasteiger partial charge in [0.15, 0.2) is 17.4 Å². The van der Waals surface area contributed by atoms with Gasteiger partial charge in [0.25, 0.3) is 5.78 Å². The maximum absolute atomic E-state index is 13.3. The fourth-order valence-electron chi connectivity index (χ4n) is 2.29. The van der Waals surface area contributed by atoms with Crippen molar-refractivity contribution in [3.05, 3.63) is 52.9 Å². The molecule has 1 unspecified atom stereocenters. The molecule has 124 valence electrons. The summed E-state index contributed by atoms with van der Waals surface area (Å²) in [4.78, 5) is 20.9. The minimum absolute atomic E-state index is 0.114. The van der Waals surface area contributed by atoms with Crippen molar-refractivity contribution in [1.82, 2.24) is 19.6 Å². The number of hydrogen-bond acceptors (Lipinski definition) is 5. The average Bonchev–Trinajstić information content (AvgIpc) is 2.91. The lowest BCUT2D eigenvalue weighted by atomic mass is 10.1. The number of thioether (sulfide) groups is 1. The predicted octanol–water partition coefficient (Wildman–Crippen LogP) is 3.38. The van der Waals surface area contributed by atoms with Gasteiger partial charge in [-0.25, -0.2) is 18.3 Å². The molecule has 0 aliphatic carbocycles. The molecule has 0 aliphatic rings. The molecule has 0 saturated heterocycles. The van der Waals surface area contributed by atoms with Crippen LogP contribution >= 0.6 is 11.8 Å². The zero-order valence-electron chi connectivity index (χ0n) is 13.2. The normalized spacial score (nSPS) is 12.5. The van der Waals surface area contributed by atoms with Crippen LogP contribution in [0.5, 0.6) is 0 Å². The Kier molecular flexibility index (Phi) is 4.31. The summed E-state index contributed by atoms with van der Waals surface area (Å²) in [5.41, 5.74) is 1.83. The number of hydrogen-bond donors (Lipinski definition) is 0. The number of aromatic nitrogens is 4. The third-order valence-corrected chi connectivity index (χ3v) is 4.41. The number of halogens is 2. The van der Waals surface area contributed by atoms with Gasteiger partial charge in [-0.05, 0) is 45.0 Å². The molecule has 1 atom stereocenters. The molecule has 2 aromatic heterocycles. The summed E-state index contributed by atoms with van der Waals surface area (Å²) in [5, 5.41) is 4.18. The first-order valence-electron chi connectivity index (χ1n) is 7.22. The first kappa shape index (κ1) is 16.5. The SMILES string of the molecule is Cc1cc(C)n2nc(SC(C)C(=O)c3ccc(F)c(F)c3)nc2n1. The van der Waals surface area contributed by atoms with Gasteiger partial charge in [-0.3, -0.25) is 4.79 Å². The van der Waals surface area contributed by atoms with Crippen molar-refractivity contribution in [3.63, 3.8) is 0 Å². The highest BCUT2D eigenvalue weighted by atomic mass is 32.2. The van der Waals surface area contributed by atoms with E-state index in [0.717, 1.165) is 35.3 Å². The second-order valence-electron chi connectivity index (χ2n) is 5.40. The van der Waals surface area contributed by atoms with E-state index in [1.165, 1.54) is 6.07 Å². The molecule has 8 heteroatoms. The molecular formula is C16H14F2N4OS. The molecule has 3 aromatic rings. The Morgan fingerprint density at radius 3 is 2.62 bits per heavy atom. The van der Waals surface area contributed by atoms with E-state index in [0.29, 0.717) is 10.9 Å². The second kappa shape index (κ2) is 6.27. The van der Waals surface area contributed by atoms with Crippen LogP contribution in [0.15, 0.2) is 29.4 Å². The van der Waals surface area contributed by atoms with Crippen LogP contribution < -0.4 is 0 Å². The first-order chi connectivity index (χ1) is 11.3. The summed E-state index contributed by atoms with van der Waals surface area (Å²) in [6, 6.07) is 5.00. The smallest absolute Gasteiger partial charge is 0.253 e. The number of carbonyl (C=O) groups excluding carboxylic acids is 1. The molecule has 0 saturated carbocycles. The Morgan fingerprint density at radius 1 is 1.17 bits per heavy atom. The minimum Gasteiger partial charge on any atom is -0.293 e. The molecule has 1 aromatic carbocycles. The topological polar surface area (TPSA) is 60.2 Å². The number of rotatable bonds is 4. The maximum Gasteiger partial charge on any atom is 0.253 e. The van der Waals surface area contributed by atoms with E-state index >= 15 is 0 Å². The van der Waals surface area contributed by atoms with Crippen LogP contribution in [0, 0.1) is 25.5 Å². The van der Waals surface area contributed by atoms with E-state index in [1.54, 1.807) is 11.4 Å². The van der Waals surface area contributed by atoms with Crippen LogP contribution in [0.2, 0.25) is 0 Å². The number of Topliss-reactive ketones (excluding diaryl/α,β-unsaturated/α-hetero) is 1.